The lowest BCUT2D eigenvalue weighted by atomic mass is 10.7. The van der Waals surface area contributed by atoms with Gasteiger partial charge in [-0.05, 0) is 6.92 Å². The van der Waals surface area contributed by atoms with Gasteiger partial charge in [0.1, 0.15) is 5.84 Å². The molecule has 0 aromatic rings. The maximum Gasteiger partial charge on any atom is 0.227 e. The summed E-state index contributed by atoms with van der Waals surface area (Å²) >= 11 is 0. The van der Waals surface area contributed by atoms with Gasteiger partial charge >= 0.3 is 0 Å². The zero-order valence-electron chi connectivity index (χ0n) is 7.80. The molecule has 0 radical (unpaired) electrons. The Morgan fingerprint density at radius 1 is 1.33 bits per heavy atom. The van der Waals surface area contributed by atoms with Crippen LogP contribution in [0.5, 0.6) is 0 Å². The average molecular weight is 170 g/mol. The first-order valence-corrected chi connectivity index (χ1v) is 3.51. The van der Waals surface area contributed by atoms with Crippen molar-refractivity contribution < 1.29 is 4.74 Å². The number of nitrogens with one attached hydrogen (secondary N) is 2. The van der Waals surface area contributed by atoms with E-state index in [1.54, 1.807) is 20.9 Å². The number of hydrogen-bond donors (Lipinski definition) is 2. The summed E-state index contributed by atoms with van der Waals surface area (Å²) in [6, 6.07) is 0. The summed E-state index contributed by atoms with van der Waals surface area (Å²) in [7, 11) is 3.22. The minimum atomic E-state index is 0.201. The van der Waals surface area contributed by atoms with E-state index in [0.717, 1.165) is 0 Å². The summed E-state index contributed by atoms with van der Waals surface area (Å²) in [6.07, 6.45) is 0. The fourth-order valence-electron chi connectivity index (χ4n) is 0.490. The minimum Gasteiger partial charge on any atom is -0.484 e. The van der Waals surface area contributed by atoms with E-state index in [1.807, 2.05) is 0 Å². The Morgan fingerprint density at radius 2 is 1.92 bits per heavy atom. The van der Waals surface area contributed by atoms with Crippen molar-refractivity contribution in [3.63, 3.8) is 0 Å². The standard InChI is InChI=1S/C7H14N4O/c1-5(8)10-7(9-3)11-6(2)12-4/h1-4H3,(H2,8,9,10)/b11-6+. The molecular weight excluding hydrogens is 156 g/mol. The molecule has 5 heteroatoms. The van der Waals surface area contributed by atoms with Crippen LogP contribution in [0.1, 0.15) is 13.8 Å². The normalized spacial score (nSPS) is 12.7. The molecule has 0 aromatic heterocycles. The van der Waals surface area contributed by atoms with Gasteiger partial charge in [0.25, 0.3) is 0 Å². The molecule has 2 N–H and O–H groups in total. The molecule has 0 aromatic carbocycles. The van der Waals surface area contributed by atoms with Crippen molar-refractivity contribution in [2.75, 3.05) is 14.2 Å². The molecule has 0 fully saturated rings. The van der Waals surface area contributed by atoms with Crippen molar-refractivity contribution in [3.8, 4) is 0 Å². The van der Waals surface area contributed by atoms with Gasteiger partial charge in [-0.2, -0.15) is 9.98 Å². The summed E-state index contributed by atoms with van der Waals surface area (Å²) in [5, 5.41) is 9.83. The first kappa shape index (κ1) is 10.6. The third-order valence-electron chi connectivity index (χ3n) is 1.06. The highest BCUT2D eigenvalue weighted by Crippen LogP contribution is 1.83. The lowest BCUT2D eigenvalue weighted by Crippen LogP contribution is -2.18. The number of rotatable bonds is 0. The van der Waals surface area contributed by atoms with Gasteiger partial charge in [0.05, 0.1) is 7.11 Å². The molecule has 0 rings (SSSR count). The van der Waals surface area contributed by atoms with E-state index in [0.29, 0.717) is 11.9 Å². The molecule has 0 spiro atoms. The lowest BCUT2D eigenvalue weighted by molar-refractivity contribution is 0.400. The van der Waals surface area contributed by atoms with Crippen LogP contribution in [0.15, 0.2) is 9.98 Å². The Bertz CT molecular complexity index is 219. The number of aliphatic imine (C=N–C) groups is 2. The number of nitrogens with zero attached hydrogens (tertiary/aromatic N) is 2. The topological polar surface area (TPSA) is 69.8 Å². The molecule has 0 saturated carbocycles. The molecule has 0 atom stereocenters. The number of methoxy groups -OCH3 is 1. The van der Waals surface area contributed by atoms with Crippen LogP contribution < -0.4 is 5.32 Å². The van der Waals surface area contributed by atoms with Crippen molar-refractivity contribution in [3.05, 3.63) is 0 Å². The van der Waals surface area contributed by atoms with E-state index < -0.39 is 0 Å². The minimum absolute atomic E-state index is 0.201. The fourth-order valence-corrected chi connectivity index (χ4v) is 0.490. The summed E-state index contributed by atoms with van der Waals surface area (Å²) in [4.78, 5) is 7.75. The van der Waals surface area contributed by atoms with Crippen molar-refractivity contribution in [1.29, 1.82) is 5.41 Å². The van der Waals surface area contributed by atoms with Crippen LogP contribution in [0, 0.1) is 5.41 Å². The van der Waals surface area contributed by atoms with E-state index in [-0.39, 0.29) is 5.84 Å². The van der Waals surface area contributed by atoms with Gasteiger partial charge in [-0.25, -0.2) is 0 Å². The zero-order chi connectivity index (χ0) is 9.56. The molecule has 0 heterocycles. The second-order valence-electron chi connectivity index (χ2n) is 2.11. The molecule has 0 aliphatic carbocycles. The largest absolute Gasteiger partial charge is 0.484 e. The Morgan fingerprint density at radius 3 is 2.25 bits per heavy atom. The van der Waals surface area contributed by atoms with Crippen molar-refractivity contribution in [2.45, 2.75) is 13.8 Å². The molecule has 0 bridgehead atoms. The maximum atomic E-state index is 7.09. The zero-order valence-corrected chi connectivity index (χ0v) is 7.80. The van der Waals surface area contributed by atoms with Crippen molar-refractivity contribution in [1.82, 2.24) is 5.32 Å². The number of guanidine groups is 1. The first-order chi connectivity index (χ1) is 5.60. The van der Waals surface area contributed by atoms with Crippen LogP contribution in [-0.4, -0.2) is 31.9 Å². The molecular formula is C7H14N4O. The quantitative estimate of drug-likeness (QED) is 0.413. The lowest BCUT2D eigenvalue weighted by Gasteiger charge is -2.00. The van der Waals surface area contributed by atoms with Crippen LogP contribution in [0.25, 0.3) is 0 Å². The summed E-state index contributed by atoms with van der Waals surface area (Å²) < 4.78 is 4.82. The van der Waals surface area contributed by atoms with Gasteiger partial charge in [-0.1, -0.05) is 0 Å². The third-order valence-corrected chi connectivity index (χ3v) is 1.06. The number of amidine groups is 1. The molecule has 0 saturated heterocycles. The Kier molecular flexibility index (Phi) is 4.67. The van der Waals surface area contributed by atoms with Gasteiger partial charge in [-0.15, -0.1) is 0 Å². The maximum absolute atomic E-state index is 7.09. The summed E-state index contributed by atoms with van der Waals surface area (Å²) in [5.74, 6) is 1.08. The van der Waals surface area contributed by atoms with Gasteiger partial charge in [-0.3, -0.25) is 5.41 Å². The van der Waals surface area contributed by atoms with Crippen LogP contribution in [0.4, 0.5) is 0 Å². The molecule has 5 nitrogen and oxygen atoms in total. The SMILES string of the molecule is CNC(=N/C(C)=N)/N=C(\C)OC. The average Bonchev–Trinajstić information content (AvgIpc) is 2.02. The van der Waals surface area contributed by atoms with Gasteiger partial charge in [0.15, 0.2) is 5.90 Å². The summed E-state index contributed by atoms with van der Waals surface area (Å²) in [5.41, 5.74) is 0. The highest BCUT2D eigenvalue weighted by atomic mass is 16.5. The van der Waals surface area contributed by atoms with E-state index in [1.165, 1.54) is 7.11 Å². The second-order valence-corrected chi connectivity index (χ2v) is 2.11. The highest BCUT2D eigenvalue weighted by molar-refractivity contribution is 5.98. The van der Waals surface area contributed by atoms with Crippen molar-refractivity contribution >= 4 is 17.7 Å². The van der Waals surface area contributed by atoms with Crippen molar-refractivity contribution in [2.24, 2.45) is 9.98 Å². The monoisotopic (exact) mass is 170 g/mol. The van der Waals surface area contributed by atoms with Crippen LogP contribution in [0.2, 0.25) is 0 Å². The predicted molar refractivity (Wildman–Crippen MR) is 50.0 cm³/mol. The first-order valence-electron chi connectivity index (χ1n) is 3.51. The molecule has 0 aliphatic heterocycles. The predicted octanol–water partition coefficient (Wildman–Crippen LogP) is 0.624. The second kappa shape index (κ2) is 5.29. The van der Waals surface area contributed by atoms with E-state index in [4.69, 9.17) is 10.1 Å². The van der Waals surface area contributed by atoms with Gasteiger partial charge in [0.2, 0.25) is 5.96 Å². The fraction of sp³-hybridized carbons (Fsp3) is 0.571. The smallest absolute Gasteiger partial charge is 0.227 e. The van der Waals surface area contributed by atoms with E-state index >= 15 is 0 Å². The Labute approximate surface area is 72.1 Å². The molecule has 0 unspecified atom stereocenters. The molecule has 68 valence electrons. The van der Waals surface area contributed by atoms with E-state index in [2.05, 4.69) is 15.3 Å². The van der Waals surface area contributed by atoms with Gasteiger partial charge < -0.3 is 10.1 Å². The van der Waals surface area contributed by atoms with Gasteiger partial charge in [0, 0.05) is 14.0 Å². The van der Waals surface area contributed by atoms with Crippen LogP contribution >= 0.6 is 0 Å². The number of hydrogen-bond acceptors (Lipinski definition) is 2. The van der Waals surface area contributed by atoms with Crippen LogP contribution in [-0.2, 0) is 4.74 Å². The Hall–Kier alpha value is -1.39. The molecule has 12 heavy (non-hydrogen) atoms. The Balaban J connectivity index is 4.47. The van der Waals surface area contributed by atoms with Crippen LogP contribution in [0.3, 0.4) is 0 Å². The van der Waals surface area contributed by atoms with E-state index in [9.17, 15) is 0 Å². The number of ether oxygens (including phenoxy) is 1. The third kappa shape index (κ3) is 4.43. The highest BCUT2D eigenvalue weighted by Gasteiger charge is 1.94. The molecule has 0 amide bonds. The molecule has 0 aliphatic rings. The summed E-state index contributed by atoms with van der Waals surface area (Å²) in [6.45, 7) is 3.29.